The number of nitrogens with two attached hydrogens (primary N) is 1. The molecule has 0 bridgehead atoms. The van der Waals surface area contributed by atoms with E-state index in [-0.39, 0.29) is 12.4 Å². The van der Waals surface area contributed by atoms with Crippen LogP contribution in [0.1, 0.15) is 5.56 Å². The number of rotatable bonds is 6. The number of hydrogen-bond acceptors (Lipinski definition) is 3. The lowest BCUT2D eigenvalue weighted by molar-refractivity contribution is 0.0839. The predicted molar refractivity (Wildman–Crippen MR) is 83.8 cm³/mol. The van der Waals surface area contributed by atoms with Crippen LogP contribution >= 0.6 is 10.0 Å². The molecular formula is C14H22FN3OS. The van der Waals surface area contributed by atoms with Gasteiger partial charge < -0.3 is 10.5 Å². The standard InChI is InChI=1S/C14H22FN3OS/c1-20(2,3)7-6-19-10-18-14-11(9-17-18)4-5-13(15)12(14)8-16/h4-5,9H,6-8,10,16H2,1-3H3. The minimum absolute atomic E-state index is 0.154. The molecule has 2 rings (SSSR count). The van der Waals surface area contributed by atoms with E-state index in [9.17, 15) is 4.39 Å². The molecule has 1 aromatic carbocycles. The highest BCUT2D eigenvalue weighted by Crippen LogP contribution is 2.33. The quantitative estimate of drug-likeness (QED) is 0.833. The lowest BCUT2D eigenvalue weighted by atomic mass is 10.1. The summed E-state index contributed by atoms with van der Waals surface area (Å²) in [5.74, 6) is 0.755. The van der Waals surface area contributed by atoms with Crippen molar-refractivity contribution in [2.45, 2.75) is 13.3 Å². The third-order valence-electron chi connectivity index (χ3n) is 3.11. The number of hydrogen-bond donors (Lipinski definition) is 1. The summed E-state index contributed by atoms with van der Waals surface area (Å²) in [4.78, 5) is 0. The van der Waals surface area contributed by atoms with E-state index in [0.717, 1.165) is 16.7 Å². The van der Waals surface area contributed by atoms with Crippen molar-refractivity contribution in [2.24, 2.45) is 5.73 Å². The zero-order chi connectivity index (χ0) is 14.8. The Hall–Kier alpha value is -1.11. The second kappa shape index (κ2) is 6.11. The summed E-state index contributed by atoms with van der Waals surface area (Å²) in [6.07, 6.45) is 8.47. The van der Waals surface area contributed by atoms with E-state index < -0.39 is 10.0 Å². The Morgan fingerprint density at radius 3 is 2.75 bits per heavy atom. The minimum atomic E-state index is -0.562. The Balaban J connectivity index is 2.13. The largest absolute Gasteiger partial charge is 0.358 e. The molecule has 0 spiro atoms. The van der Waals surface area contributed by atoms with Crippen LogP contribution in [0.3, 0.4) is 0 Å². The molecule has 1 aromatic heterocycles. The van der Waals surface area contributed by atoms with Gasteiger partial charge in [0.15, 0.2) is 0 Å². The van der Waals surface area contributed by atoms with Crippen molar-refractivity contribution < 1.29 is 9.13 Å². The van der Waals surface area contributed by atoms with Crippen molar-refractivity contribution in [3.8, 4) is 0 Å². The average molecular weight is 299 g/mol. The van der Waals surface area contributed by atoms with Crippen molar-refractivity contribution in [1.82, 2.24) is 9.78 Å². The summed E-state index contributed by atoms with van der Waals surface area (Å²) in [7, 11) is -0.562. The highest BCUT2D eigenvalue weighted by atomic mass is 32.3. The number of benzene rings is 1. The average Bonchev–Trinajstić information content (AvgIpc) is 2.77. The zero-order valence-corrected chi connectivity index (χ0v) is 13.0. The molecule has 0 amide bonds. The first-order valence-electron chi connectivity index (χ1n) is 6.49. The van der Waals surface area contributed by atoms with E-state index in [4.69, 9.17) is 10.5 Å². The van der Waals surface area contributed by atoms with Gasteiger partial charge in [0.25, 0.3) is 0 Å². The van der Waals surface area contributed by atoms with Gasteiger partial charge in [0.2, 0.25) is 0 Å². The molecule has 0 aliphatic rings. The van der Waals surface area contributed by atoms with Gasteiger partial charge in [-0.2, -0.15) is 5.10 Å². The van der Waals surface area contributed by atoms with Crippen LogP contribution in [0.2, 0.25) is 0 Å². The molecule has 0 radical (unpaired) electrons. The first-order valence-corrected chi connectivity index (χ1v) is 9.52. The van der Waals surface area contributed by atoms with Gasteiger partial charge >= 0.3 is 0 Å². The van der Waals surface area contributed by atoms with Crippen LogP contribution in [0, 0.1) is 5.82 Å². The fourth-order valence-corrected chi connectivity index (χ4v) is 2.60. The molecule has 0 saturated carbocycles. The number of halogens is 1. The molecule has 2 aromatic rings. The summed E-state index contributed by atoms with van der Waals surface area (Å²) in [5.41, 5.74) is 6.86. The molecule has 112 valence electrons. The van der Waals surface area contributed by atoms with Crippen LogP contribution in [-0.2, 0) is 18.0 Å². The van der Waals surface area contributed by atoms with E-state index >= 15 is 0 Å². The number of aromatic nitrogens is 2. The van der Waals surface area contributed by atoms with E-state index in [1.807, 2.05) is 0 Å². The maximum Gasteiger partial charge on any atom is 0.140 e. The summed E-state index contributed by atoms with van der Waals surface area (Å²) in [6, 6.07) is 3.15. The van der Waals surface area contributed by atoms with Gasteiger partial charge in [-0.25, -0.2) is 19.1 Å². The monoisotopic (exact) mass is 299 g/mol. The third kappa shape index (κ3) is 3.50. The Morgan fingerprint density at radius 2 is 2.10 bits per heavy atom. The maximum atomic E-state index is 13.8. The molecule has 2 N–H and O–H groups in total. The predicted octanol–water partition coefficient (Wildman–Crippen LogP) is 2.30. The first-order chi connectivity index (χ1) is 9.42. The molecule has 0 atom stereocenters. The molecule has 0 aliphatic carbocycles. The molecule has 1 heterocycles. The van der Waals surface area contributed by atoms with Gasteiger partial charge in [0.1, 0.15) is 12.5 Å². The van der Waals surface area contributed by atoms with Gasteiger partial charge in [-0.05, 0) is 30.9 Å². The Kier molecular flexibility index (Phi) is 4.67. The second-order valence-electron chi connectivity index (χ2n) is 5.64. The molecule has 20 heavy (non-hydrogen) atoms. The molecule has 4 nitrogen and oxygen atoms in total. The van der Waals surface area contributed by atoms with E-state index in [2.05, 4.69) is 23.9 Å². The number of ether oxygens (including phenoxy) is 1. The van der Waals surface area contributed by atoms with Crippen LogP contribution in [0.25, 0.3) is 10.9 Å². The Labute approximate surface area is 120 Å². The van der Waals surface area contributed by atoms with E-state index in [0.29, 0.717) is 18.9 Å². The van der Waals surface area contributed by atoms with E-state index in [1.165, 1.54) is 6.07 Å². The second-order valence-corrected chi connectivity index (χ2v) is 10.2. The fourth-order valence-electron chi connectivity index (χ4n) is 1.98. The molecule has 6 heteroatoms. The Morgan fingerprint density at radius 1 is 1.35 bits per heavy atom. The number of fused-ring (bicyclic) bond motifs is 1. The smallest absolute Gasteiger partial charge is 0.140 e. The summed E-state index contributed by atoms with van der Waals surface area (Å²) in [6.45, 7) is 1.17. The Bertz CT molecular complexity index is 592. The molecule has 0 fully saturated rings. The number of nitrogens with zero attached hydrogens (tertiary/aromatic N) is 2. The van der Waals surface area contributed by atoms with Crippen LogP contribution < -0.4 is 5.73 Å². The molecular weight excluding hydrogens is 277 g/mol. The lowest BCUT2D eigenvalue weighted by Crippen LogP contribution is -2.12. The fraction of sp³-hybridized carbons (Fsp3) is 0.500. The summed E-state index contributed by atoms with van der Waals surface area (Å²) < 4.78 is 21.1. The van der Waals surface area contributed by atoms with E-state index in [1.54, 1.807) is 16.9 Å². The minimum Gasteiger partial charge on any atom is -0.358 e. The van der Waals surface area contributed by atoms with Crippen LogP contribution in [0.15, 0.2) is 18.3 Å². The van der Waals surface area contributed by atoms with Gasteiger partial charge in [-0.3, -0.25) is 0 Å². The maximum absolute atomic E-state index is 13.8. The lowest BCUT2D eigenvalue weighted by Gasteiger charge is -2.24. The zero-order valence-electron chi connectivity index (χ0n) is 12.2. The SMILES string of the molecule is CS(C)(C)CCOCn1ncc2ccc(F)c(CN)c21. The molecule has 0 aliphatic heterocycles. The van der Waals surface area contributed by atoms with Crippen molar-refractivity contribution in [2.75, 3.05) is 31.1 Å². The molecule has 0 unspecified atom stereocenters. The molecule has 0 saturated heterocycles. The van der Waals surface area contributed by atoms with Gasteiger partial charge in [-0.15, -0.1) is 0 Å². The normalized spacial score (nSPS) is 13.1. The van der Waals surface area contributed by atoms with Gasteiger partial charge in [-0.1, -0.05) is 0 Å². The van der Waals surface area contributed by atoms with Crippen LogP contribution in [-0.4, -0.2) is 40.9 Å². The van der Waals surface area contributed by atoms with Gasteiger partial charge in [0.05, 0.1) is 18.3 Å². The van der Waals surface area contributed by atoms with Crippen molar-refractivity contribution in [3.05, 3.63) is 29.7 Å². The highest BCUT2D eigenvalue weighted by molar-refractivity contribution is 8.32. The highest BCUT2D eigenvalue weighted by Gasteiger charge is 2.12. The van der Waals surface area contributed by atoms with Crippen LogP contribution in [0.4, 0.5) is 4.39 Å². The summed E-state index contributed by atoms with van der Waals surface area (Å²) in [5, 5.41) is 5.14. The first kappa shape index (κ1) is 15.3. The third-order valence-corrected chi connectivity index (χ3v) is 4.50. The van der Waals surface area contributed by atoms with Crippen molar-refractivity contribution >= 4 is 20.9 Å². The van der Waals surface area contributed by atoms with Crippen molar-refractivity contribution in [1.29, 1.82) is 0 Å². The summed E-state index contributed by atoms with van der Waals surface area (Å²) >= 11 is 0. The van der Waals surface area contributed by atoms with Crippen LogP contribution in [0.5, 0.6) is 0 Å². The van der Waals surface area contributed by atoms with Gasteiger partial charge in [0, 0.05) is 23.2 Å². The van der Waals surface area contributed by atoms with Crippen molar-refractivity contribution in [3.63, 3.8) is 0 Å². The topological polar surface area (TPSA) is 53.1 Å².